The molecule has 2 unspecified atom stereocenters. The zero-order valence-corrected chi connectivity index (χ0v) is 9.54. The standard InChI is InChI=1S/C10H13Cl2NO2/c11-7-3-6(4-8(12)5-7)10(15)9(14)1-2-13/h3-5,9-10,14-15H,1-2,13H2. The molecule has 2 atom stereocenters. The fourth-order valence-corrected chi connectivity index (χ4v) is 1.84. The molecule has 84 valence electrons. The van der Waals surface area contributed by atoms with Crippen molar-refractivity contribution in [3.8, 4) is 0 Å². The highest BCUT2D eigenvalue weighted by Crippen LogP contribution is 2.25. The zero-order valence-electron chi connectivity index (χ0n) is 8.03. The van der Waals surface area contributed by atoms with Gasteiger partial charge in [0.05, 0.1) is 6.10 Å². The van der Waals surface area contributed by atoms with Crippen molar-refractivity contribution < 1.29 is 10.2 Å². The van der Waals surface area contributed by atoms with E-state index in [-0.39, 0.29) is 0 Å². The molecule has 0 spiro atoms. The van der Waals surface area contributed by atoms with E-state index in [0.29, 0.717) is 28.6 Å². The number of rotatable bonds is 4. The molecule has 3 nitrogen and oxygen atoms in total. The molecule has 1 aromatic rings. The monoisotopic (exact) mass is 249 g/mol. The van der Waals surface area contributed by atoms with Crippen molar-refractivity contribution >= 4 is 23.2 Å². The fourth-order valence-electron chi connectivity index (χ4n) is 1.30. The molecule has 0 radical (unpaired) electrons. The lowest BCUT2D eigenvalue weighted by Gasteiger charge is -2.17. The summed E-state index contributed by atoms with van der Waals surface area (Å²) in [5.41, 5.74) is 5.78. The molecule has 1 aromatic carbocycles. The number of nitrogens with two attached hydrogens (primary N) is 1. The summed E-state index contributed by atoms with van der Waals surface area (Å²) in [6.45, 7) is 0.312. The first-order chi connectivity index (χ1) is 7.04. The van der Waals surface area contributed by atoms with Gasteiger partial charge in [0.1, 0.15) is 6.10 Å². The Kier molecular flexibility index (Phi) is 4.83. The smallest absolute Gasteiger partial charge is 0.105 e. The number of benzene rings is 1. The van der Waals surface area contributed by atoms with Crippen LogP contribution >= 0.6 is 23.2 Å². The van der Waals surface area contributed by atoms with Gasteiger partial charge in [-0.25, -0.2) is 0 Å². The normalized spacial score (nSPS) is 15.0. The van der Waals surface area contributed by atoms with Crippen molar-refractivity contribution in [1.29, 1.82) is 0 Å². The van der Waals surface area contributed by atoms with Crippen molar-refractivity contribution in [3.05, 3.63) is 33.8 Å². The molecule has 0 saturated heterocycles. The van der Waals surface area contributed by atoms with Crippen LogP contribution in [0.5, 0.6) is 0 Å². The average molecular weight is 250 g/mol. The topological polar surface area (TPSA) is 66.5 Å². The van der Waals surface area contributed by atoms with Gasteiger partial charge in [0.2, 0.25) is 0 Å². The van der Waals surface area contributed by atoms with Crippen molar-refractivity contribution in [1.82, 2.24) is 0 Å². The molecule has 0 aliphatic heterocycles. The highest BCUT2D eigenvalue weighted by molar-refractivity contribution is 6.34. The predicted octanol–water partition coefficient (Wildman–Crippen LogP) is 1.74. The zero-order chi connectivity index (χ0) is 11.4. The van der Waals surface area contributed by atoms with E-state index in [1.807, 2.05) is 0 Å². The molecule has 0 aliphatic carbocycles. The Bertz CT molecular complexity index is 313. The second kappa shape index (κ2) is 5.68. The van der Waals surface area contributed by atoms with Crippen molar-refractivity contribution in [2.75, 3.05) is 6.54 Å². The van der Waals surface area contributed by atoms with E-state index in [0.717, 1.165) is 0 Å². The molecule has 15 heavy (non-hydrogen) atoms. The number of aliphatic hydroxyl groups is 2. The van der Waals surface area contributed by atoms with Crippen molar-refractivity contribution in [3.63, 3.8) is 0 Å². The minimum atomic E-state index is -1.01. The summed E-state index contributed by atoms with van der Waals surface area (Å²) < 4.78 is 0. The molecule has 4 N–H and O–H groups in total. The van der Waals surface area contributed by atoms with Crippen LogP contribution in [0, 0.1) is 0 Å². The molecule has 0 heterocycles. The molecule has 0 saturated carbocycles. The average Bonchev–Trinajstić information content (AvgIpc) is 2.15. The highest BCUT2D eigenvalue weighted by Gasteiger charge is 2.18. The Morgan fingerprint density at radius 2 is 1.67 bits per heavy atom. The number of halogens is 2. The van der Waals surface area contributed by atoms with Gasteiger partial charge in [-0.05, 0) is 36.7 Å². The lowest BCUT2D eigenvalue weighted by atomic mass is 10.0. The van der Waals surface area contributed by atoms with Gasteiger partial charge in [-0.3, -0.25) is 0 Å². The van der Waals surface area contributed by atoms with Gasteiger partial charge in [-0.15, -0.1) is 0 Å². The van der Waals surface area contributed by atoms with Crippen LogP contribution < -0.4 is 5.73 Å². The summed E-state index contributed by atoms with van der Waals surface area (Å²) in [4.78, 5) is 0. The number of hydrogen-bond acceptors (Lipinski definition) is 3. The van der Waals surface area contributed by atoms with Crippen molar-refractivity contribution in [2.45, 2.75) is 18.6 Å². The summed E-state index contributed by atoms with van der Waals surface area (Å²) in [5, 5.41) is 20.1. The van der Waals surface area contributed by atoms with Gasteiger partial charge in [-0.1, -0.05) is 23.2 Å². The van der Waals surface area contributed by atoms with Crippen LogP contribution in [0.25, 0.3) is 0 Å². The maximum atomic E-state index is 9.75. The van der Waals surface area contributed by atoms with Crippen LogP contribution in [0.2, 0.25) is 10.0 Å². The van der Waals surface area contributed by atoms with Crippen LogP contribution in [-0.2, 0) is 0 Å². The number of hydrogen-bond donors (Lipinski definition) is 3. The third-order valence-corrected chi connectivity index (χ3v) is 2.49. The van der Waals surface area contributed by atoms with E-state index in [1.165, 1.54) is 0 Å². The molecule has 0 bridgehead atoms. The van der Waals surface area contributed by atoms with E-state index in [1.54, 1.807) is 18.2 Å². The first-order valence-corrected chi connectivity index (χ1v) is 5.32. The molecule has 0 fully saturated rings. The summed E-state index contributed by atoms with van der Waals surface area (Å²) in [6.07, 6.45) is -1.58. The molecule has 1 rings (SSSR count). The summed E-state index contributed by atoms with van der Waals surface area (Å²) in [7, 11) is 0. The predicted molar refractivity (Wildman–Crippen MR) is 61.1 cm³/mol. The first kappa shape index (κ1) is 12.7. The molecular weight excluding hydrogens is 237 g/mol. The van der Waals surface area contributed by atoms with E-state index < -0.39 is 12.2 Å². The minimum absolute atomic E-state index is 0.312. The van der Waals surface area contributed by atoms with Crippen LogP contribution in [0.15, 0.2) is 18.2 Å². The molecule has 0 aliphatic rings. The van der Waals surface area contributed by atoms with Gasteiger partial charge >= 0.3 is 0 Å². The van der Waals surface area contributed by atoms with Crippen LogP contribution in [0.3, 0.4) is 0 Å². The fraction of sp³-hybridized carbons (Fsp3) is 0.400. The highest BCUT2D eigenvalue weighted by atomic mass is 35.5. The minimum Gasteiger partial charge on any atom is -0.390 e. The van der Waals surface area contributed by atoms with Crippen LogP contribution in [-0.4, -0.2) is 22.9 Å². The third-order valence-electron chi connectivity index (χ3n) is 2.05. The van der Waals surface area contributed by atoms with E-state index in [9.17, 15) is 10.2 Å². The summed E-state index contributed by atoms with van der Waals surface area (Å²) in [5.74, 6) is 0. The Morgan fingerprint density at radius 1 is 1.13 bits per heavy atom. The van der Waals surface area contributed by atoms with Gasteiger partial charge in [-0.2, -0.15) is 0 Å². The summed E-state index contributed by atoms with van der Waals surface area (Å²) in [6, 6.07) is 4.70. The van der Waals surface area contributed by atoms with Gasteiger partial charge in [0, 0.05) is 10.0 Å². The SMILES string of the molecule is NCCC(O)C(O)c1cc(Cl)cc(Cl)c1. The lowest BCUT2D eigenvalue weighted by Crippen LogP contribution is -2.21. The molecule has 5 heteroatoms. The van der Waals surface area contributed by atoms with Crippen molar-refractivity contribution in [2.24, 2.45) is 5.73 Å². The molecular formula is C10H13Cl2NO2. The number of aliphatic hydroxyl groups excluding tert-OH is 2. The second-order valence-corrected chi connectivity index (χ2v) is 4.17. The van der Waals surface area contributed by atoms with Gasteiger partial charge in [0.15, 0.2) is 0 Å². The van der Waals surface area contributed by atoms with E-state index >= 15 is 0 Å². The Morgan fingerprint density at radius 3 is 2.13 bits per heavy atom. The Labute approximate surface area is 98.4 Å². The quantitative estimate of drug-likeness (QED) is 0.762. The van der Waals surface area contributed by atoms with Crippen LogP contribution in [0.4, 0.5) is 0 Å². The van der Waals surface area contributed by atoms with E-state index in [4.69, 9.17) is 28.9 Å². The van der Waals surface area contributed by atoms with Gasteiger partial charge in [0.25, 0.3) is 0 Å². The maximum Gasteiger partial charge on any atom is 0.105 e. The summed E-state index contributed by atoms with van der Waals surface area (Å²) >= 11 is 11.5. The van der Waals surface area contributed by atoms with Gasteiger partial charge < -0.3 is 15.9 Å². The first-order valence-electron chi connectivity index (χ1n) is 4.56. The molecule has 0 aromatic heterocycles. The largest absolute Gasteiger partial charge is 0.390 e. The second-order valence-electron chi connectivity index (χ2n) is 3.29. The Hall–Kier alpha value is -0.320. The Balaban J connectivity index is 2.85. The maximum absolute atomic E-state index is 9.75. The van der Waals surface area contributed by atoms with E-state index in [2.05, 4.69) is 0 Å². The lowest BCUT2D eigenvalue weighted by molar-refractivity contribution is 0.0150. The van der Waals surface area contributed by atoms with Crippen LogP contribution in [0.1, 0.15) is 18.1 Å². The molecule has 0 amide bonds. The third kappa shape index (κ3) is 3.63.